The molecule has 0 saturated heterocycles. The van der Waals surface area contributed by atoms with E-state index in [-0.39, 0.29) is 0 Å². The van der Waals surface area contributed by atoms with Crippen LogP contribution in [0.3, 0.4) is 0 Å². The summed E-state index contributed by atoms with van der Waals surface area (Å²) in [5, 5.41) is 4.36. The fourth-order valence-electron chi connectivity index (χ4n) is 3.54. The van der Waals surface area contributed by atoms with E-state index in [0.29, 0.717) is 0 Å². The second-order valence-corrected chi connectivity index (χ2v) is 7.49. The molecule has 0 saturated carbocycles. The molecule has 4 nitrogen and oxygen atoms in total. The Labute approximate surface area is 189 Å². The van der Waals surface area contributed by atoms with Crippen LogP contribution in [0.1, 0.15) is 16.7 Å². The van der Waals surface area contributed by atoms with Gasteiger partial charge in [0.2, 0.25) is 0 Å². The van der Waals surface area contributed by atoms with Crippen LogP contribution in [-0.4, -0.2) is 13.3 Å². The van der Waals surface area contributed by atoms with Crippen LogP contribution in [0.5, 0.6) is 5.75 Å². The predicted molar refractivity (Wildman–Crippen MR) is 133 cm³/mol. The molecule has 4 heteroatoms. The van der Waals surface area contributed by atoms with Gasteiger partial charge in [0.05, 0.1) is 19.0 Å². The Balaban J connectivity index is 1.57. The summed E-state index contributed by atoms with van der Waals surface area (Å²) >= 11 is 0. The Hall–Kier alpha value is -4.05. The van der Waals surface area contributed by atoms with Gasteiger partial charge in [-0.3, -0.25) is 5.43 Å². The fraction of sp³-hybridized carbons (Fsp3) is 0.107. The minimum absolute atomic E-state index is 0.784. The van der Waals surface area contributed by atoms with Crippen molar-refractivity contribution in [2.45, 2.75) is 13.1 Å². The number of ether oxygens (including phenoxy) is 1. The Morgan fingerprint density at radius 1 is 0.750 bits per heavy atom. The van der Waals surface area contributed by atoms with Crippen molar-refractivity contribution in [3.63, 3.8) is 0 Å². The van der Waals surface area contributed by atoms with Crippen molar-refractivity contribution >= 4 is 17.6 Å². The molecule has 0 fully saturated rings. The Morgan fingerprint density at radius 3 is 1.88 bits per heavy atom. The summed E-state index contributed by atoms with van der Waals surface area (Å²) in [5.41, 5.74) is 8.54. The monoisotopic (exact) mass is 421 g/mol. The molecule has 0 heterocycles. The SMILES string of the molecule is COc1cc(N(Cc2ccccc2)Cc2ccccc2)ccc1C=NNc1ccccc1. The summed E-state index contributed by atoms with van der Waals surface area (Å²) < 4.78 is 5.69. The molecule has 32 heavy (non-hydrogen) atoms. The third kappa shape index (κ3) is 5.76. The molecule has 0 spiro atoms. The van der Waals surface area contributed by atoms with E-state index in [4.69, 9.17) is 4.74 Å². The summed E-state index contributed by atoms with van der Waals surface area (Å²) in [6, 6.07) is 37.2. The van der Waals surface area contributed by atoms with Gasteiger partial charge in [-0.2, -0.15) is 5.10 Å². The van der Waals surface area contributed by atoms with Crippen LogP contribution in [0.15, 0.2) is 114 Å². The Morgan fingerprint density at radius 2 is 1.31 bits per heavy atom. The van der Waals surface area contributed by atoms with Crippen LogP contribution in [0.25, 0.3) is 0 Å². The van der Waals surface area contributed by atoms with Gasteiger partial charge in [-0.1, -0.05) is 78.9 Å². The highest BCUT2D eigenvalue weighted by molar-refractivity contribution is 5.85. The van der Waals surface area contributed by atoms with E-state index in [1.54, 1.807) is 13.3 Å². The van der Waals surface area contributed by atoms with Crippen LogP contribution in [0.2, 0.25) is 0 Å². The third-order valence-corrected chi connectivity index (χ3v) is 5.19. The minimum Gasteiger partial charge on any atom is -0.496 e. The van der Waals surface area contributed by atoms with Crippen molar-refractivity contribution < 1.29 is 4.74 Å². The first-order chi connectivity index (χ1) is 15.8. The molecule has 0 aliphatic rings. The molecule has 4 aromatic carbocycles. The molecule has 0 bridgehead atoms. The molecule has 160 valence electrons. The van der Waals surface area contributed by atoms with Gasteiger partial charge in [0.15, 0.2) is 0 Å². The van der Waals surface area contributed by atoms with E-state index >= 15 is 0 Å². The largest absolute Gasteiger partial charge is 0.496 e. The second kappa shape index (κ2) is 10.8. The lowest BCUT2D eigenvalue weighted by Crippen LogP contribution is -2.22. The van der Waals surface area contributed by atoms with Gasteiger partial charge in [0.25, 0.3) is 0 Å². The van der Waals surface area contributed by atoms with Crippen LogP contribution in [0, 0.1) is 0 Å². The van der Waals surface area contributed by atoms with Crippen molar-refractivity contribution in [1.82, 2.24) is 0 Å². The van der Waals surface area contributed by atoms with E-state index < -0.39 is 0 Å². The van der Waals surface area contributed by atoms with Gasteiger partial charge in [-0.05, 0) is 35.4 Å². The molecule has 1 N–H and O–H groups in total. The molecule has 0 radical (unpaired) electrons. The number of hydrazone groups is 1. The molecule has 4 aromatic rings. The van der Waals surface area contributed by atoms with Crippen molar-refractivity contribution in [3.8, 4) is 5.75 Å². The number of rotatable bonds is 9. The van der Waals surface area contributed by atoms with Crippen LogP contribution in [0.4, 0.5) is 11.4 Å². The first-order valence-electron chi connectivity index (χ1n) is 10.7. The maximum absolute atomic E-state index is 5.69. The third-order valence-electron chi connectivity index (χ3n) is 5.19. The number of hydrogen-bond acceptors (Lipinski definition) is 4. The highest BCUT2D eigenvalue weighted by Gasteiger charge is 2.12. The highest BCUT2D eigenvalue weighted by atomic mass is 16.5. The number of nitrogens with zero attached hydrogens (tertiary/aromatic N) is 2. The van der Waals surface area contributed by atoms with Gasteiger partial charge in [0.1, 0.15) is 5.75 Å². The van der Waals surface area contributed by atoms with Crippen LogP contribution >= 0.6 is 0 Å². The Bertz CT molecular complexity index is 1090. The number of hydrogen-bond donors (Lipinski definition) is 1. The van der Waals surface area contributed by atoms with Crippen molar-refractivity contribution in [3.05, 3.63) is 126 Å². The normalized spacial score (nSPS) is 10.8. The number of para-hydroxylation sites is 1. The van der Waals surface area contributed by atoms with Gasteiger partial charge >= 0.3 is 0 Å². The maximum atomic E-state index is 5.69. The summed E-state index contributed by atoms with van der Waals surface area (Å²) in [7, 11) is 1.69. The van der Waals surface area contributed by atoms with Crippen LogP contribution < -0.4 is 15.1 Å². The molecule has 0 amide bonds. The summed E-state index contributed by atoms with van der Waals surface area (Å²) in [4.78, 5) is 2.36. The van der Waals surface area contributed by atoms with E-state index in [2.05, 4.69) is 76.1 Å². The van der Waals surface area contributed by atoms with Crippen molar-refractivity contribution in [2.75, 3.05) is 17.4 Å². The predicted octanol–water partition coefficient (Wildman–Crippen LogP) is 6.35. The molecular weight excluding hydrogens is 394 g/mol. The fourth-order valence-corrected chi connectivity index (χ4v) is 3.54. The van der Waals surface area contributed by atoms with Gasteiger partial charge in [-0.25, -0.2) is 0 Å². The average molecular weight is 422 g/mol. The van der Waals surface area contributed by atoms with Crippen molar-refractivity contribution in [2.24, 2.45) is 5.10 Å². The molecular formula is C28H27N3O. The topological polar surface area (TPSA) is 36.9 Å². The highest BCUT2D eigenvalue weighted by Crippen LogP contribution is 2.27. The number of methoxy groups -OCH3 is 1. The van der Waals surface area contributed by atoms with Gasteiger partial charge in [-0.15, -0.1) is 0 Å². The lowest BCUT2D eigenvalue weighted by atomic mass is 10.1. The zero-order chi connectivity index (χ0) is 22.0. The molecule has 0 atom stereocenters. The first-order valence-corrected chi connectivity index (χ1v) is 10.7. The lowest BCUT2D eigenvalue weighted by Gasteiger charge is -2.26. The lowest BCUT2D eigenvalue weighted by molar-refractivity contribution is 0.414. The molecule has 4 rings (SSSR count). The van der Waals surface area contributed by atoms with Gasteiger partial charge in [0, 0.05) is 30.4 Å². The molecule has 0 aliphatic carbocycles. The first kappa shape index (κ1) is 21.2. The molecule has 0 aromatic heterocycles. The second-order valence-electron chi connectivity index (χ2n) is 7.49. The van der Waals surface area contributed by atoms with Crippen molar-refractivity contribution in [1.29, 1.82) is 0 Å². The zero-order valence-electron chi connectivity index (χ0n) is 18.2. The number of nitrogens with one attached hydrogen (secondary N) is 1. The summed E-state index contributed by atoms with van der Waals surface area (Å²) in [6.45, 7) is 1.61. The summed E-state index contributed by atoms with van der Waals surface area (Å²) in [6.07, 6.45) is 1.79. The summed E-state index contributed by atoms with van der Waals surface area (Å²) in [5.74, 6) is 0.784. The molecule has 0 aliphatic heterocycles. The quantitative estimate of drug-likeness (QED) is 0.253. The van der Waals surface area contributed by atoms with E-state index in [9.17, 15) is 0 Å². The standard InChI is InChI=1S/C28H27N3O/c1-32-28-19-27(18-17-25(28)20-29-30-26-15-9-4-10-16-26)31(21-23-11-5-2-6-12-23)22-24-13-7-3-8-14-24/h2-20,30H,21-22H2,1H3. The number of anilines is 2. The van der Waals surface area contributed by atoms with Crippen LogP contribution in [-0.2, 0) is 13.1 Å². The average Bonchev–Trinajstić information content (AvgIpc) is 2.86. The van der Waals surface area contributed by atoms with E-state index in [1.165, 1.54) is 11.1 Å². The van der Waals surface area contributed by atoms with Gasteiger partial charge < -0.3 is 9.64 Å². The maximum Gasteiger partial charge on any atom is 0.129 e. The van der Waals surface area contributed by atoms with E-state index in [1.807, 2.05) is 48.5 Å². The zero-order valence-corrected chi connectivity index (χ0v) is 18.2. The molecule has 0 unspecified atom stereocenters. The Kier molecular flexibility index (Phi) is 7.17. The minimum atomic E-state index is 0.784. The smallest absolute Gasteiger partial charge is 0.129 e. The van der Waals surface area contributed by atoms with E-state index in [0.717, 1.165) is 35.8 Å². The number of benzene rings is 4.